The van der Waals surface area contributed by atoms with Gasteiger partial charge in [0.25, 0.3) is 11.6 Å². The summed E-state index contributed by atoms with van der Waals surface area (Å²) in [6.45, 7) is 1.89. The number of non-ortho nitro benzene ring substituents is 1. The molecule has 0 aromatic heterocycles. The highest BCUT2D eigenvalue weighted by molar-refractivity contribution is 7.80. The fraction of sp³-hybridized carbons (Fsp3) is 0.176. The number of rotatable bonds is 6. The van der Waals surface area contributed by atoms with Crippen LogP contribution in [0.15, 0.2) is 48.5 Å². The second-order valence-corrected chi connectivity index (χ2v) is 5.63. The minimum Gasteiger partial charge on any atom is -0.484 e. The highest BCUT2D eigenvalue weighted by Gasteiger charge is 2.06. The summed E-state index contributed by atoms with van der Waals surface area (Å²) in [5.74, 6) is 0.196. The average Bonchev–Trinajstić information content (AvgIpc) is 2.65. The van der Waals surface area contributed by atoms with Gasteiger partial charge in [-0.3, -0.25) is 25.8 Å². The van der Waals surface area contributed by atoms with E-state index in [1.165, 1.54) is 29.8 Å². The summed E-state index contributed by atoms with van der Waals surface area (Å²) in [6.07, 6.45) is 0.934. The molecule has 0 atom stereocenters. The first-order chi connectivity index (χ1) is 12.5. The minimum atomic E-state index is -0.490. The maximum Gasteiger partial charge on any atom is 0.276 e. The van der Waals surface area contributed by atoms with Crippen molar-refractivity contribution in [3.63, 3.8) is 0 Å². The van der Waals surface area contributed by atoms with Gasteiger partial charge in [0.05, 0.1) is 4.92 Å². The lowest BCUT2D eigenvalue weighted by Crippen LogP contribution is -2.45. The first-order valence-corrected chi connectivity index (χ1v) is 8.20. The number of carbonyl (C=O) groups excluding carboxylic acids is 1. The second-order valence-electron chi connectivity index (χ2n) is 5.22. The van der Waals surface area contributed by atoms with Crippen LogP contribution in [-0.2, 0) is 11.2 Å². The molecule has 0 radical (unpaired) electrons. The van der Waals surface area contributed by atoms with Crippen molar-refractivity contribution in [1.29, 1.82) is 0 Å². The van der Waals surface area contributed by atoms with E-state index in [-0.39, 0.29) is 17.4 Å². The summed E-state index contributed by atoms with van der Waals surface area (Å²) < 4.78 is 5.37. The number of anilines is 1. The summed E-state index contributed by atoms with van der Waals surface area (Å²) in [5, 5.41) is 13.5. The summed E-state index contributed by atoms with van der Waals surface area (Å²) in [4.78, 5) is 21.9. The van der Waals surface area contributed by atoms with Crippen molar-refractivity contribution >= 4 is 34.6 Å². The molecule has 2 aromatic carbocycles. The lowest BCUT2D eigenvalue weighted by Gasteiger charge is -2.12. The standard InChI is InChI=1S/C17H18N4O4S/c1-2-12-3-9-15(10-4-12)25-11-16(22)19-20-17(26)18-13-5-7-14(8-6-13)21(23)24/h3-10H,2,11H2,1H3,(H,19,22)(H2,18,20,26). The number of aryl methyl sites for hydroxylation is 1. The number of benzene rings is 2. The van der Waals surface area contributed by atoms with Crippen molar-refractivity contribution in [1.82, 2.24) is 10.9 Å². The molecule has 3 N–H and O–H groups in total. The zero-order chi connectivity index (χ0) is 18.9. The van der Waals surface area contributed by atoms with Crippen molar-refractivity contribution < 1.29 is 14.5 Å². The number of nitro groups is 1. The normalized spacial score (nSPS) is 9.88. The van der Waals surface area contributed by atoms with E-state index >= 15 is 0 Å². The first kappa shape index (κ1) is 19.1. The highest BCUT2D eigenvalue weighted by atomic mass is 32.1. The van der Waals surface area contributed by atoms with E-state index in [0.717, 1.165) is 6.42 Å². The topological polar surface area (TPSA) is 106 Å². The minimum absolute atomic E-state index is 0.0214. The number of amides is 1. The van der Waals surface area contributed by atoms with E-state index in [1.54, 1.807) is 12.1 Å². The van der Waals surface area contributed by atoms with Gasteiger partial charge in [-0.25, -0.2) is 0 Å². The molecular formula is C17H18N4O4S. The molecule has 0 spiro atoms. The van der Waals surface area contributed by atoms with Crippen molar-refractivity contribution in [2.45, 2.75) is 13.3 Å². The molecule has 0 aliphatic rings. The fourth-order valence-corrected chi connectivity index (χ4v) is 2.13. The predicted molar refractivity (Wildman–Crippen MR) is 102 cm³/mol. The van der Waals surface area contributed by atoms with E-state index in [0.29, 0.717) is 11.4 Å². The Morgan fingerprint density at radius 3 is 2.35 bits per heavy atom. The number of hydrazine groups is 1. The molecule has 0 saturated heterocycles. The van der Waals surface area contributed by atoms with Gasteiger partial charge in [-0.2, -0.15) is 0 Å². The van der Waals surface area contributed by atoms with Crippen LogP contribution in [0.4, 0.5) is 11.4 Å². The van der Waals surface area contributed by atoms with Gasteiger partial charge in [0.2, 0.25) is 0 Å². The van der Waals surface area contributed by atoms with Crippen LogP contribution < -0.4 is 20.9 Å². The average molecular weight is 374 g/mol. The molecule has 136 valence electrons. The smallest absolute Gasteiger partial charge is 0.276 e. The molecule has 0 bridgehead atoms. The van der Waals surface area contributed by atoms with Gasteiger partial charge in [0, 0.05) is 17.8 Å². The second kappa shape index (κ2) is 9.33. The molecule has 0 aliphatic carbocycles. The third-order valence-corrected chi connectivity index (χ3v) is 3.56. The summed E-state index contributed by atoms with van der Waals surface area (Å²) >= 11 is 5.03. The zero-order valence-electron chi connectivity index (χ0n) is 14.0. The van der Waals surface area contributed by atoms with E-state index in [1.807, 2.05) is 12.1 Å². The molecule has 2 rings (SSSR count). The molecule has 0 saturated carbocycles. The van der Waals surface area contributed by atoms with Crippen LogP contribution in [0.3, 0.4) is 0 Å². The van der Waals surface area contributed by atoms with Gasteiger partial charge >= 0.3 is 0 Å². The Bertz CT molecular complexity index is 778. The van der Waals surface area contributed by atoms with Crippen LogP contribution in [0.2, 0.25) is 0 Å². The third kappa shape index (κ3) is 6.02. The Balaban J connectivity index is 1.72. The van der Waals surface area contributed by atoms with Crippen LogP contribution in [-0.4, -0.2) is 22.5 Å². The number of nitrogens with one attached hydrogen (secondary N) is 3. The van der Waals surface area contributed by atoms with Gasteiger partial charge in [-0.05, 0) is 48.5 Å². The molecular weight excluding hydrogens is 356 g/mol. The van der Waals surface area contributed by atoms with Crippen LogP contribution >= 0.6 is 12.2 Å². The molecule has 26 heavy (non-hydrogen) atoms. The molecule has 0 fully saturated rings. The number of hydrogen-bond donors (Lipinski definition) is 3. The van der Waals surface area contributed by atoms with Crippen molar-refractivity contribution in [2.24, 2.45) is 0 Å². The Morgan fingerprint density at radius 1 is 1.12 bits per heavy atom. The Kier molecular flexibility index (Phi) is 6.86. The van der Waals surface area contributed by atoms with Gasteiger partial charge in [0.1, 0.15) is 5.75 Å². The van der Waals surface area contributed by atoms with Crippen LogP contribution in [0.1, 0.15) is 12.5 Å². The van der Waals surface area contributed by atoms with Gasteiger partial charge in [0.15, 0.2) is 11.7 Å². The summed E-state index contributed by atoms with van der Waals surface area (Å²) in [7, 11) is 0. The first-order valence-electron chi connectivity index (χ1n) is 7.80. The molecule has 0 aliphatic heterocycles. The van der Waals surface area contributed by atoms with Crippen molar-refractivity contribution in [3.05, 3.63) is 64.2 Å². The Labute approximate surface area is 155 Å². The lowest BCUT2D eigenvalue weighted by molar-refractivity contribution is -0.384. The number of thiocarbonyl (C=S) groups is 1. The summed E-state index contributed by atoms with van der Waals surface area (Å²) in [5.41, 5.74) is 6.64. The SMILES string of the molecule is CCc1ccc(OCC(=O)NNC(=S)Nc2ccc([N+](=O)[O-])cc2)cc1. The van der Waals surface area contributed by atoms with Gasteiger partial charge in [-0.15, -0.1) is 0 Å². The maximum atomic E-state index is 11.8. The Hall–Kier alpha value is -3.20. The number of nitro benzene ring substituents is 1. The largest absolute Gasteiger partial charge is 0.484 e. The number of carbonyl (C=O) groups is 1. The van der Waals surface area contributed by atoms with Crippen molar-refractivity contribution in [3.8, 4) is 5.75 Å². The highest BCUT2D eigenvalue weighted by Crippen LogP contribution is 2.15. The summed E-state index contributed by atoms with van der Waals surface area (Å²) in [6, 6.07) is 13.2. The zero-order valence-corrected chi connectivity index (χ0v) is 14.8. The van der Waals surface area contributed by atoms with Crippen LogP contribution in [0.5, 0.6) is 5.75 Å². The Morgan fingerprint density at radius 2 is 1.77 bits per heavy atom. The van der Waals surface area contributed by atoms with Crippen LogP contribution in [0, 0.1) is 10.1 Å². The lowest BCUT2D eigenvalue weighted by atomic mass is 10.2. The number of hydrogen-bond acceptors (Lipinski definition) is 5. The third-order valence-electron chi connectivity index (χ3n) is 3.35. The molecule has 8 nitrogen and oxygen atoms in total. The van der Waals surface area contributed by atoms with Crippen LogP contribution in [0.25, 0.3) is 0 Å². The molecule has 9 heteroatoms. The van der Waals surface area contributed by atoms with E-state index in [9.17, 15) is 14.9 Å². The van der Waals surface area contributed by atoms with E-state index in [4.69, 9.17) is 17.0 Å². The monoisotopic (exact) mass is 374 g/mol. The quantitative estimate of drug-likeness (QED) is 0.405. The fourth-order valence-electron chi connectivity index (χ4n) is 1.96. The number of nitrogens with zero attached hydrogens (tertiary/aromatic N) is 1. The van der Waals surface area contributed by atoms with E-state index in [2.05, 4.69) is 23.1 Å². The maximum absolute atomic E-state index is 11.8. The molecule has 0 unspecified atom stereocenters. The van der Waals surface area contributed by atoms with Crippen molar-refractivity contribution in [2.75, 3.05) is 11.9 Å². The molecule has 1 amide bonds. The van der Waals surface area contributed by atoms with Gasteiger partial charge < -0.3 is 10.1 Å². The van der Waals surface area contributed by atoms with E-state index < -0.39 is 10.8 Å². The predicted octanol–water partition coefficient (Wildman–Crippen LogP) is 2.55. The molecule has 0 heterocycles. The number of ether oxygens (including phenoxy) is 1. The molecule has 2 aromatic rings. The van der Waals surface area contributed by atoms with Gasteiger partial charge in [-0.1, -0.05) is 19.1 Å².